The van der Waals surface area contributed by atoms with Gasteiger partial charge >= 0.3 is 0 Å². The average Bonchev–Trinajstić information content (AvgIpc) is 2.60. The Labute approximate surface area is 86.8 Å². The number of fused-ring (bicyclic) bond motifs is 1. The van der Waals surface area contributed by atoms with Crippen molar-refractivity contribution in [3.05, 3.63) is 23.0 Å². The number of ether oxygens (including phenoxy) is 2. The van der Waals surface area contributed by atoms with E-state index >= 15 is 0 Å². The lowest BCUT2D eigenvalue weighted by atomic mass is 10.1. The van der Waals surface area contributed by atoms with Gasteiger partial charge in [0, 0.05) is 17.5 Å². The topological polar surface area (TPSA) is 35.5 Å². The Morgan fingerprint density at radius 3 is 2.60 bits per heavy atom. The fourth-order valence-corrected chi connectivity index (χ4v) is 1.86. The van der Waals surface area contributed by atoms with E-state index in [2.05, 4.69) is 0 Å². The van der Waals surface area contributed by atoms with Crippen LogP contribution in [-0.2, 0) is 6.42 Å². The summed E-state index contributed by atoms with van der Waals surface area (Å²) in [6, 6.07) is 1.55. The Morgan fingerprint density at radius 2 is 2.00 bits per heavy atom. The first-order chi connectivity index (χ1) is 7.19. The highest BCUT2D eigenvalue weighted by atomic mass is 19.1. The van der Waals surface area contributed by atoms with Crippen LogP contribution in [0.25, 0.3) is 0 Å². The zero-order valence-electron chi connectivity index (χ0n) is 8.59. The van der Waals surface area contributed by atoms with Gasteiger partial charge < -0.3 is 9.47 Å². The first-order valence-electron chi connectivity index (χ1n) is 4.65. The lowest BCUT2D eigenvalue weighted by Crippen LogP contribution is -2.00. The quantitative estimate of drug-likeness (QED) is 0.748. The molecule has 0 spiro atoms. The second-order valence-electron chi connectivity index (χ2n) is 3.38. The van der Waals surface area contributed by atoms with Crippen molar-refractivity contribution in [2.24, 2.45) is 0 Å². The van der Waals surface area contributed by atoms with E-state index in [9.17, 15) is 9.18 Å². The number of carbonyl (C=O) groups is 1. The Balaban J connectivity index is 2.67. The van der Waals surface area contributed by atoms with Gasteiger partial charge in [0.2, 0.25) is 0 Å². The normalized spacial score (nSPS) is 13.9. The minimum atomic E-state index is -0.474. The number of benzene rings is 1. The zero-order chi connectivity index (χ0) is 11.0. The summed E-state index contributed by atoms with van der Waals surface area (Å²) in [5.74, 6) is -0.169. The molecule has 0 radical (unpaired) electrons. The molecule has 3 nitrogen and oxygen atoms in total. The molecule has 0 amide bonds. The zero-order valence-corrected chi connectivity index (χ0v) is 8.59. The van der Waals surface area contributed by atoms with E-state index in [1.165, 1.54) is 14.2 Å². The van der Waals surface area contributed by atoms with Gasteiger partial charge in [0.1, 0.15) is 0 Å². The molecule has 0 saturated heterocycles. The van der Waals surface area contributed by atoms with Gasteiger partial charge in [0.25, 0.3) is 0 Å². The van der Waals surface area contributed by atoms with Gasteiger partial charge in [-0.15, -0.1) is 0 Å². The van der Waals surface area contributed by atoms with Crippen molar-refractivity contribution in [3.63, 3.8) is 0 Å². The van der Waals surface area contributed by atoms with Gasteiger partial charge in [-0.05, 0) is 12.5 Å². The van der Waals surface area contributed by atoms with Crippen LogP contribution in [0.3, 0.4) is 0 Å². The van der Waals surface area contributed by atoms with Gasteiger partial charge in [-0.1, -0.05) is 0 Å². The molecule has 0 fully saturated rings. The molecule has 0 bridgehead atoms. The smallest absolute Gasteiger partial charge is 0.197 e. The average molecular weight is 210 g/mol. The molecule has 1 aromatic rings. The molecule has 1 aliphatic carbocycles. The van der Waals surface area contributed by atoms with E-state index in [4.69, 9.17) is 9.47 Å². The lowest BCUT2D eigenvalue weighted by Gasteiger charge is -2.11. The molecule has 0 heterocycles. The molecular weight excluding hydrogens is 199 g/mol. The molecule has 0 saturated carbocycles. The Hall–Kier alpha value is -1.58. The number of Topliss-reactive ketones (excluding diaryl/α,β-unsaturated/α-hetero) is 1. The molecule has 80 valence electrons. The second kappa shape index (κ2) is 3.53. The highest BCUT2D eigenvalue weighted by Gasteiger charge is 2.27. The van der Waals surface area contributed by atoms with Crippen molar-refractivity contribution in [2.75, 3.05) is 14.2 Å². The molecule has 1 aromatic carbocycles. The van der Waals surface area contributed by atoms with Crippen LogP contribution in [0.4, 0.5) is 4.39 Å². The molecule has 2 rings (SSSR count). The third-order valence-electron chi connectivity index (χ3n) is 2.62. The predicted molar refractivity (Wildman–Crippen MR) is 52.2 cm³/mol. The number of ketones is 1. The summed E-state index contributed by atoms with van der Waals surface area (Å²) in [7, 11) is 2.80. The maximum absolute atomic E-state index is 13.8. The molecule has 0 atom stereocenters. The third-order valence-corrected chi connectivity index (χ3v) is 2.62. The van der Waals surface area contributed by atoms with E-state index in [1.54, 1.807) is 6.07 Å². The Morgan fingerprint density at radius 1 is 1.27 bits per heavy atom. The van der Waals surface area contributed by atoms with Crippen molar-refractivity contribution in [1.29, 1.82) is 0 Å². The molecule has 1 aliphatic rings. The highest BCUT2D eigenvalue weighted by molar-refractivity contribution is 6.01. The first kappa shape index (κ1) is 9.96. The summed E-state index contributed by atoms with van der Waals surface area (Å²) >= 11 is 0. The SMILES string of the molecule is COc1cc2c(c(F)c1OC)CCC2=O. The number of halogens is 1. The summed E-state index contributed by atoms with van der Waals surface area (Å²) in [6.07, 6.45) is 0.808. The minimum Gasteiger partial charge on any atom is -0.493 e. The summed E-state index contributed by atoms with van der Waals surface area (Å²) in [5, 5.41) is 0. The van der Waals surface area contributed by atoms with Crippen molar-refractivity contribution < 1.29 is 18.7 Å². The van der Waals surface area contributed by atoms with Crippen LogP contribution >= 0.6 is 0 Å². The summed E-state index contributed by atoms with van der Waals surface area (Å²) in [4.78, 5) is 11.4. The van der Waals surface area contributed by atoms with Crippen molar-refractivity contribution >= 4 is 5.78 Å². The number of methoxy groups -OCH3 is 2. The van der Waals surface area contributed by atoms with Crippen LogP contribution in [0.15, 0.2) is 6.07 Å². The highest BCUT2D eigenvalue weighted by Crippen LogP contribution is 2.38. The lowest BCUT2D eigenvalue weighted by molar-refractivity contribution is 0.0994. The van der Waals surface area contributed by atoms with Crippen LogP contribution < -0.4 is 9.47 Å². The predicted octanol–water partition coefficient (Wildman–Crippen LogP) is 1.97. The summed E-state index contributed by atoms with van der Waals surface area (Å²) < 4.78 is 23.7. The van der Waals surface area contributed by atoms with E-state index in [1.807, 2.05) is 0 Å². The standard InChI is InChI=1S/C11H11FO3/c1-14-9-5-7-6(3-4-8(7)13)10(12)11(9)15-2/h5H,3-4H2,1-2H3. The summed E-state index contributed by atoms with van der Waals surface area (Å²) in [5.41, 5.74) is 0.864. The van der Waals surface area contributed by atoms with Crippen molar-refractivity contribution in [1.82, 2.24) is 0 Å². The van der Waals surface area contributed by atoms with Gasteiger partial charge in [-0.25, -0.2) is 4.39 Å². The van der Waals surface area contributed by atoms with Crippen LogP contribution in [0.2, 0.25) is 0 Å². The van der Waals surface area contributed by atoms with E-state index < -0.39 is 5.82 Å². The van der Waals surface area contributed by atoms with Crippen LogP contribution in [-0.4, -0.2) is 20.0 Å². The third kappa shape index (κ3) is 1.37. The molecule has 0 unspecified atom stereocenters. The molecular formula is C11H11FO3. The molecule has 15 heavy (non-hydrogen) atoms. The maximum Gasteiger partial charge on any atom is 0.197 e. The first-order valence-corrected chi connectivity index (χ1v) is 4.65. The van der Waals surface area contributed by atoms with Gasteiger partial charge in [-0.3, -0.25) is 4.79 Å². The second-order valence-corrected chi connectivity index (χ2v) is 3.38. The van der Waals surface area contributed by atoms with Gasteiger partial charge in [0.15, 0.2) is 23.1 Å². The van der Waals surface area contributed by atoms with E-state index in [0.29, 0.717) is 24.0 Å². The maximum atomic E-state index is 13.8. The summed E-state index contributed by atoms with van der Waals surface area (Å²) in [6.45, 7) is 0. The number of hydrogen-bond acceptors (Lipinski definition) is 3. The monoisotopic (exact) mass is 210 g/mol. The van der Waals surface area contributed by atoms with Crippen LogP contribution in [0, 0.1) is 5.82 Å². The van der Waals surface area contributed by atoms with Crippen molar-refractivity contribution in [3.8, 4) is 11.5 Å². The minimum absolute atomic E-state index is 0.0372. The van der Waals surface area contributed by atoms with Gasteiger partial charge in [-0.2, -0.15) is 0 Å². The number of rotatable bonds is 2. The molecule has 0 aromatic heterocycles. The van der Waals surface area contributed by atoms with Crippen LogP contribution in [0.1, 0.15) is 22.3 Å². The largest absolute Gasteiger partial charge is 0.493 e. The Bertz CT molecular complexity index is 426. The molecule has 0 N–H and O–H groups in total. The number of carbonyl (C=O) groups excluding carboxylic acids is 1. The van der Waals surface area contributed by atoms with E-state index in [-0.39, 0.29) is 17.3 Å². The molecule has 0 aliphatic heterocycles. The van der Waals surface area contributed by atoms with Crippen molar-refractivity contribution in [2.45, 2.75) is 12.8 Å². The van der Waals surface area contributed by atoms with Gasteiger partial charge in [0.05, 0.1) is 14.2 Å². The van der Waals surface area contributed by atoms with E-state index in [0.717, 1.165) is 0 Å². The molecule has 4 heteroatoms. The number of hydrogen-bond donors (Lipinski definition) is 0. The fourth-order valence-electron chi connectivity index (χ4n) is 1.86. The van der Waals surface area contributed by atoms with Crippen LogP contribution in [0.5, 0.6) is 11.5 Å². The Kier molecular flexibility index (Phi) is 2.34. The fraction of sp³-hybridized carbons (Fsp3) is 0.364.